The number of methoxy groups -OCH3 is 3. The summed E-state index contributed by atoms with van der Waals surface area (Å²) in [6.07, 6.45) is 2.96. The number of carbonyl (C=O) groups is 1. The number of hydrogen-bond donors (Lipinski definition) is 0. The third-order valence-corrected chi connectivity index (χ3v) is 3.86. The van der Waals surface area contributed by atoms with Gasteiger partial charge in [-0.15, -0.1) is 0 Å². The largest absolute Gasteiger partial charge is 0.494 e. The number of benzene rings is 2. The first kappa shape index (κ1) is 19.3. The van der Waals surface area contributed by atoms with Gasteiger partial charge in [-0.3, -0.25) is 4.79 Å². The minimum absolute atomic E-state index is 0.163. The van der Waals surface area contributed by atoms with E-state index in [4.69, 9.17) is 14.2 Å². The van der Waals surface area contributed by atoms with Gasteiger partial charge in [-0.2, -0.15) is 0 Å². The Balaban J connectivity index is 2.09. The number of amides is 1. The molecule has 0 bridgehead atoms. The smallest absolute Gasteiger partial charge is 0.246 e. The molecular formula is C20H22FNO4. The van der Waals surface area contributed by atoms with Crippen LogP contribution < -0.4 is 14.2 Å². The summed E-state index contributed by atoms with van der Waals surface area (Å²) in [7, 11) is 6.20. The highest BCUT2D eigenvalue weighted by Crippen LogP contribution is 2.31. The van der Waals surface area contributed by atoms with Gasteiger partial charge in [0, 0.05) is 25.2 Å². The first-order chi connectivity index (χ1) is 12.5. The van der Waals surface area contributed by atoms with E-state index in [2.05, 4.69) is 0 Å². The van der Waals surface area contributed by atoms with E-state index in [0.29, 0.717) is 23.6 Å². The molecule has 0 spiro atoms. The molecule has 1 amide bonds. The van der Waals surface area contributed by atoms with Gasteiger partial charge >= 0.3 is 0 Å². The van der Waals surface area contributed by atoms with Crippen molar-refractivity contribution in [3.63, 3.8) is 0 Å². The third-order valence-electron chi connectivity index (χ3n) is 3.86. The van der Waals surface area contributed by atoms with Gasteiger partial charge in [-0.1, -0.05) is 18.2 Å². The van der Waals surface area contributed by atoms with Gasteiger partial charge in [0.2, 0.25) is 5.91 Å². The van der Waals surface area contributed by atoms with Crippen LogP contribution in [0, 0.1) is 5.82 Å². The zero-order valence-electron chi connectivity index (χ0n) is 15.3. The summed E-state index contributed by atoms with van der Waals surface area (Å²) in [5, 5.41) is 0. The highest BCUT2D eigenvalue weighted by atomic mass is 19.1. The SMILES string of the molecule is COc1ccc(/C=C/C(=O)N(C)Cc2cccc(OC)c2OC)cc1F. The number of ether oxygens (including phenoxy) is 3. The number of hydrogen-bond acceptors (Lipinski definition) is 4. The molecule has 2 aromatic rings. The predicted octanol–water partition coefficient (Wildman–Crippen LogP) is 3.52. The Kier molecular flexibility index (Phi) is 6.60. The van der Waals surface area contributed by atoms with Gasteiger partial charge in [0.1, 0.15) is 0 Å². The molecule has 26 heavy (non-hydrogen) atoms. The molecule has 5 nitrogen and oxygen atoms in total. The van der Waals surface area contributed by atoms with Crippen LogP contribution in [0.3, 0.4) is 0 Å². The number of carbonyl (C=O) groups excluding carboxylic acids is 1. The van der Waals surface area contributed by atoms with Crippen LogP contribution in [0.15, 0.2) is 42.5 Å². The van der Waals surface area contributed by atoms with E-state index in [0.717, 1.165) is 5.56 Å². The van der Waals surface area contributed by atoms with Crippen LogP contribution in [0.2, 0.25) is 0 Å². The van der Waals surface area contributed by atoms with Crippen molar-refractivity contribution >= 4 is 12.0 Å². The molecular weight excluding hydrogens is 337 g/mol. The van der Waals surface area contributed by atoms with E-state index < -0.39 is 5.82 Å². The van der Waals surface area contributed by atoms with Gasteiger partial charge in [0.05, 0.1) is 21.3 Å². The van der Waals surface area contributed by atoms with Crippen LogP contribution in [-0.4, -0.2) is 39.2 Å². The monoisotopic (exact) mass is 359 g/mol. The number of likely N-dealkylation sites (N-methyl/N-ethyl adjacent to an activating group) is 1. The molecule has 2 rings (SSSR count). The lowest BCUT2D eigenvalue weighted by Crippen LogP contribution is -2.24. The highest BCUT2D eigenvalue weighted by molar-refractivity contribution is 5.91. The molecule has 0 aromatic heterocycles. The first-order valence-electron chi connectivity index (χ1n) is 7.96. The summed E-state index contributed by atoms with van der Waals surface area (Å²) in [5.74, 6) is 0.671. The first-order valence-corrected chi connectivity index (χ1v) is 7.96. The van der Waals surface area contributed by atoms with E-state index in [1.807, 2.05) is 12.1 Å². The quantitative estimate of drug-likeness (QED) is 0.710. The van der Waals surface area contributed by atoms with Crippen molar-refractivity contribution in [1.82, 2.24) is 4.90 Å². The molecule has 0 fully saturated rings. The van der Waals surface area contributed by atoms with Crippen LogP contribution in [0.25, 0.3) is 6.08 Å². The molecule has 0 radical (unpaired) electrons. The van der Waals surface area contributed by atoms with E-state index in [1.165, 1.54) is 30.2 Å². The van der Waals surface area contributed by atoms with Gasteiger partial charge in [0.25, 0.3) is 0 Å². The zero-order valence-corrected chi connectivity index (χ0v) is 15.3. The molecule has 0 saturated heterocycles. The molecule has 0 unspecified atom stereocenters. The Bertz CT molecular complexity index is 804. The fourth-order valence-corrected chi connectivity index (χ4v) is 2.49. The second kappa shape index (κ2) is 8.89. The lowest BCUT2D eigenvalue weighted by Gasteiger charge is -2.18. The summed E-state index contributed by atoms with van der Waals surface area (Å²) in [6.45, 7) is 0.348. The Morgan fingerprint density at radius 1 is 1.08 bits per heavy atom. The average Bonchev–Trinajstić information content (AvgIpc) is 2.65. The maximum absolute atomic E-state index is 13.7. The molecule has 138 valence electrons. The topological polar surface area (TPSA) is 48.0 Å². The van der Waals surface area contributed by atoms with E-state index in [1.54, 1.807) is 39.5 Å². The lowest BCUT2D eigenvalue weighted by molar-refractivity contribution is -0.125. The number of para-hydroxylation sites is 1. The second-order valence-electron chi connectivity index (χ2n) is 5.57. The van der Waals surface area contributed by atoms with Crippen LogP contribution in [0.5, 0.6) is 17.2 Å². The summed E-state index contributed by atoms with van der Waals surface area (Å²) in [5.41, 5.74) is 1.40. The summed E-state index contributed by atoms with van der Waals surface area (Å²) in [4.78, 5) is 13.9. The molecule has 0 N–H and O–H groups in total. The average molecular weight is 359 g/mol. The van der Waals surface area contributed by atoms with Gasteiger partial charge in [-0.05, 0) is 29.8 Å². The van der Waals surface area contributed by atoms with Crippen LogP contribution >= 0.6 is 0 Å². The standard InChI is InChI=1S/C20H22FNO4/c1-22(13-15-6-5-7-18(25-3)20(15)26-4)19(23)11-9-14-8-10-17(24-2)16(21)12-14/h5-12H,13H2,1-4H3/b11-9+. The highest BCUT2D eigenvalue weighted by Gasteiger charge is 2.13. The summed E-state index contributed by atoms with van der Waals surface area (Å²) in [6, 6.07) is 10.0. The predicted molar refractivity (Wildman–Crippen MR) is 98.0 cm³/mol. The maximum atomic E-state index is 13.7. The lowest BCUT2D eigenvalue weighted by atomic mass is 10.1. The molecule has 0 saturated carbocycles. The molecule has 0 heterocycles. The minimum atomic E-state index is -0.475. The fraction of sp³-hybridized carbons (Fsp3) is 0.250. The molecule has 0 aliphatic carbocycles. The second-order valence-corrected chi connectivity index (χ2v) is 5.57. The van der Waals surface area contributed by atoms with Crippen molar-refractivity contribution in [3.05, 3.63) is 59.4 Å². The Morgan fingerprint density at radius 2 is 1.81 bits per heavy atom. The minimum Gasteiger partial charge on any atom is -0.494 e. The van der Waals surface area contributed by atoms with Crippen molar-refractivity contribution in [1.29, 1.82) is 0 Å². The van der Waals surface area contributed by atoms with Crippen LogP contribution in [0.1, 0.15) is 11.1 Å². The number of rotatable bonds is 7. The van der Waals surface area contributed by atoms with Crippen molar-refractivity contribution in [2.24, 2.45) is 0 Å². The van der Waals surface area contributed by atoms with Crippen LogP contribution in [0.4, 0.5) is 4.39 Å². The molecule has 2 aromatic carbocycles. The van der Waals surface area contributed by atoms with Crippen molar-refractivity contribution in [2.75, 3.05) is 28.4 Å². The van der Waals surface area contributed by atoms with Gasteiger partial charge in [0.15, 0.2) is 23.1 Å². The zero-order chi connectivity index (χ0) is 19.1. The van der Waals surface area contributed by atoms with Crippen molar-refractivity contribution in [3.8, 4) is 17.2 Å². The van der Waals surface area contributed by atoms with Gasteiger partial charge < -0.3 is 19.1 Å². The van der Waals surface area contributed by atoms with E-state index in [-0.39, 0.29) is 11.7 Å². The Hall–Kier alpha value is -3.02. The normalized spacial score (nSPS) is 10.7. The van der Waals surface area contributed by atoms with Crippen molar-refractivity contribution < 1.29 is 23.4 Å². The maximum Gasteiger partial charge on any atom is 0.246 e. The Morgan fingerprint density at radius 3 is 2.42 bits per heavy atom. The summed E-state index contributed by atoms with van der Waals surface area (Å²) >= 11 is 0. The van der Waals surface area contributed by atoms with E-state index in [9.17, 15) is 9.18 Å². The number of halogens is 1. The van der Waals surface area contributed by atoms with Crippen molar-refractivity contribution in [2.45, 2.75) is 6.54 Å². The molecule has 0 aliphatic rings. The van der Waals surface area contributed by atoms with Gasteiger partial charge in [-0.25, -0.2) is 4.39 Å². The Labute approximate surface area is 152 Å². The molecule has 0 aliphatic heterocycles. The molecule has 0 atom stereocenters. The molecule has 6 heteroatoms. The van der Waals surface area contributed by atoms with Crippen LogP contribution in [-0.2, 0) is 11.3 Å². The third kappa shape index (κ3) is 4.53. The van der Waals surface area contributed by atoms with E-state index >= 15 is 0 Å². The number of nitrogens with zero attached hydrogens (tertiary/aromatic N) is 1. The fourth-order valence-electron chi connectivity index (χ4n) is 2.49. The summed E-state index contributed by atoms with van der Waals surface area (Å²) < 4.78 is 29.2.